The van der Waals surface area contributed by atoms with Gasteiger partial charge in [0.05, 0.1) is 18.6 Å². The first-order valence-electron chi connectivity index (χ1n) is 11.6. The van der Waals surface area contributed by atoms with Crippen LogP contribution in [0.4, 0.5) is 0 Å². The first-order valence-corrected chi connectivity index (χ1v) is 11.6. The molecule has 5 rings (SSSR count). The Balaban J connectivity index is 1.53. The number of aliphatic imine (C=N–C) groups is 1. The van der Waals surface area contributed by atoms with Crippen molar-refractivity contribution in [3.8, 4) is 11.5 Å². The molecule has 6 heteroatoms. The number of carbonyl (C=O) groups excluding carboxylic acids is 1. The lowest BCUT2D eigenvalue weighted by molar-refractivity contribution is -0.0702. The molecule has 0 radical (unpaired) electrons. The fraction of sp³-hybridized carbons (Fsp3) is 0.214. The predicted molar refractivity (Wildman–Crippen MR) is 134 cm³/mol. The maximum Gasteiger partial charge on any atom is 0.159 e. The van der Waals surface area contributed by atoms with E-state index in [0.29, 0.717) is 6.54 Å². The molecule has 0 amide bonds. The molecule has 1 fully saturated rings. The summed E-state index contributed by atoms with van der Waals surface area (Å²) in [6, 6.07) is 26.2. The van der Waals surface area contributed by atoms with Gasteiger partial charge in [0, 0.05) is 42.8 Å². The van der Waals surface area contributed by atoms with Gasteiger partial charge in [0.2, 0.25) is 0 Å². The van der Waals surface area contributed by atoms with Crippen molar-refractivity contribution in [2.75, 3.05) is 19.6 Å². The Bertz CT molecular complexity index is 1190. The van der Waals surface area contributed by atoms with Crippen LogP contribution < -0.4 is 10.1 Å². The van der Waals surface area contributed by atoms with Crippen LogP contribution in [0.25, 0.3) is 0 Å². The Labute approximate surface area is 200 Å². The van der Waals surface area contributed by atoms with E-state index < -0.39 is 0 Å². The number of para-hydroxylation sites is 2. The molecule has 1 N–H and O–H groups in total. The van der Waals surface area contributed by atoms with E-state index in [1.165, 1.54) is 0 Å². The molecule has 0 spiro atoms. The van der Waals surface area contributed by atoms with Gasteiger partial charge in [-0.05, 0) is 30.7 Å². The summed E-state index contributed by atoms with van der Waals surface area (Å²) in [6.45, 7) is 3.86. The van der Waals surface area contributed by atoms with Crippen LogP contribution in [-0.4, -0.2) is 41.6 Å². The van der Waals surface area contributed by atoms with Gasteiger partial charge < -0.3 is 15.1 Å². The largest absolute Gasteiger partial charge is 0.457 e. The van der Waals surface area contributed by atoms with E-state index in [0.717, 1.165) is 41.3 Å². The zero-order chi connectivity index (χ0) is 23.3. The lowest BCUT2D eigenvalue weighted by Gasteiger charge is -2.48. The smallest absolute Gasteiger partial charge is 0.159 e. The number of hydrogen-bond donors (Lipinski definition) is 1. The molecule has 3 aromatic rings. The highest BCUT2D eigenvalue weighted by atomic mass is 16.5. The third-order valence-electron chi connectivity index (χ3n) is 6.26. The number of nitrogens with one attached hydrogen (secondary N) is 1. The van der Waals surface area contributed by atoms with E-state index in [2.05, 4.69) is 44.6 Å². The zero-order valence-electron chi connectivity index (χ0n) is 19.2. The molecule has 2 atom stereocenters. The second-order valence-corrected chi connectivity index (χ2v) is 8.45. The minimum Gasteiger partial charge on any atom is -0.457 e. The van der Waals surface area contributed by atoms with Gasteiger partial charge in [-0.3, -0.25) is 9.79 Å². The van der Waals surface area contributed by atoms with E-state index in [1.54, 1.807) is 6.92 Å². The molecule has 6 nitrogen and oxygen atoms in total. The van der Waals surface area contributed by atoms with E-state index in [-0.39, 0.29) is 17.9 Å². The number of piperazine rings is 1. The third-order valence-corrected chi connectivity index (χ3v) is 6.26. The molecular formula is C28H28N4O2. The van der Waals surface area contributed by atoms with Crippen molar-refractivity contribution in [3.05, 3.63) is 108 Å². The normalized spacial score (nSPS) is 20.3. The highest BCUT2D eigenvalue weighted by molar-refractivity contribution is 5.94. The molecule has 172 valence electrons. The zero-order valence-corrected chi connectivity index (χ0v) is 19.2. The van der Waals surface area contributed by atoms with Crippen molar-refractivity contribution in [3.63, 3.8) is 0 Å². The molecule has 2 heterocycles. The molecule has 2 unspecified atom stereocenters. The Morgan fingerprint density at radius 1 is 0.941 bits per heavy atom. The van der Waals surface area contributed by atoms with E-state index in [9.17, 15) is 4.79 Å². The summed E-state index contributed by atoms with van der Waals surface area (Å²) in [5, 5.41) is 8.27. The van der Waals surface area contributed by atoms with E-state index in [1.807, 2.05) is 73.2 Å². The number of nitrogens with zero attached hydrogens (tertiary/aromatic N) is 3. The van der Waals surface area contributed by atoms with Crippen molar-refractivity contribution in [2.24, 2.45) is 4.99 Å². The molecule has 0 bridgehead atoms. The maximum atomic E-state index is 11.8. The van der Waals surface area contributed by atoms with Crippen molar-refractivity contribution >= 4 is 12.0 Å². The Kier molecular flexibility index (Phi) is 6.51. The average Bonchev–Trinajstić information content (AvgIpc) is 2.90. The van der Waals surface area contributed by atoms with Gasteiger partial charge in [-0.2, -0.15) is 0 Å². The fourth-order valence-corrected chi connectivity index (χ4v) is 4.59. The van der Waals surface area contributed by atoms with Gasteiger partial charge in [0.25, 0.3) is 0 Å². The highest BCUT2D eigenvalue weighted by Gasteiger charge is 2.37. The second kappa shape index (κ2) is 10.0. The summed E-state index contributed by atoms with van der Waals surface area (Å²) in [6.07, 6.45) is 5.77. The Morgan fingerprint density at radius 2 is 1.68 bits per heavy atom. The van der Waals surface area contributed by atoms with Gasteiger partial charge in [0.15, 0.2) is 5.78 Å². The third kappa shape index (κ3) is 4.64. The lowest BCUT2D eigenvalue weighted by atomic mass is 9.96. The summed E-state index contributed by atoms with van der Waals surface area (Å²) in [4.78, 5) is 16.1. The Hall–Kier alpha value is -3.74. The molecule has 0 aliphatic carbocycles. The van der Waals surface area contributed by atoms with Crippen LogP contribution in [-0.2, 0) is 0 Å². The average molecular weight is 453 g/mol. The van der Waals surface area contributed by atoms with Crippen molar-refractivity contribution in [1.29, 1.82) is 0 Å². The van der Waals surface area contributed by atoms with Crippen LogP contribution in [0.3, 0.4) is 0 Å². The molecule has 0 saturated carbocycles. The minimum absolute atomic E-state index is 0.0299. The molecule has 1 saturated heterocycles. The number of Topliss-reactive ketones (excluding diaryl/α,β-unsaturated/α-hetero) is 1. The Morgan fingerprint density at radius 3 is 2.41 bits per heavy atom. The number of rotatable bonds is 6. The second-order valence-electron chi connectivity index (χ2n) is 8.45. The van der Waals surface area contributed by atoms with Gasteiger partial charge in [-0.25, -0.2) is 5.01 Å². The highest BCUT2D eigenvalue weighted by Crippen LogP contribution is 2.39. The molecule has 3 aromatic carbocycles. The monoisotopic (exact) mass is 452 g/mol. The number of hydrazine groups is 1. The van der Waals surface area contributed by atoms with E-state index >= 15 is 0 Å². The lowest BCUT2D eigenvalue weighted by Crippen LogP contribution is -2.54. The summed E-state index contributed by atoms with van der Waals surface area (Å²) in [7, 11) is 0. The number of hydrogen-bond acceptors (Lipinski definition) is 6. The summed E-state index contributed by atoms with van der Waals surface area (Å²) >= 11 is 0. The van der Waals surface area contributed by atoms with Crippen molar-refractivity contribution in [1.82, 2.24) is 15.3 Å². The van der Waals surface area contributed by atoms with Crippen LogP contribution in [0.1, 0.15) is 40.5 Å². The fourth-order valence-electron chi connectivity index (χ4n) is 4.59. The topological polar surface area (TPSA) is 57.2 Å². The molecule has 0 aromatic heterocycles. The van der Waals surface area contributed by atoms with Gasteiger partial charge in [-0.15, -0.1) is 0 Å². The molecule has 2 aliphatic rings. The summed E-state index contributed by atoms with van der Waals surface area (Å²) in [5.74, 6) is 1.73. The standard InChI is InChI=1S/C28H28N4O2/c1-21(33)22-11-13-23(14-12-22)26-19-30-20-27(32(26)31-17-15-29-16-18-31)25-9-5-6-10-28(25)34-24-7-3-2-4-8-24/h2-17,26-27,30H,18-20H2,1H3. The van der Waals surface area contributed by atoms with Crippen LogP contribution in [0, 0.1) is 0 Å². The SMILES string of the molecule is CC(=O)c1ccc(C2CNCC(c3ccccc3Oc3ccccc3)N2N2C=CN=CC2)cc1. The number of ketones is 1. The minimum atomic E-state index is 0.0299. The molecule has 34 heavy (non-hydrogen) atoms. The van der Waals surface area contributed by atoms with Gasteiger partial charge >= 0.3 is 0 Å². The summed E-state index contributed by atoms with van der Waals surface area (Å²) in [5.41, 5.74) is 2.99. The number of benzene rings is 3. The number of carbonyl (C=O) groups is 1. The van der Waals surface area contributed by atoms with Gasteiger partial charge in [-0.1, -0.05) is 60.7 Å². The number of ether oxygens (including phenoxy) is 1. The van der Waals surface area contributed by atoms with Crippen LogP contribution in [0.15, 0.2) is 96.3 Å². The van der Waals surface area contributed by atoms with Crippen molar-refractivity contribution < 1.29 is 9.53 Å². The van der Waals surface area contributed by atoms with Gasteiger partial charge in [0.1, 0.15) is 11.5 Å². The summed E-state index contributed by atoms with van der Waals surface area (Å²) < 4.78 is 6.33. The molecule has 2 aliphatic heterocycles. The maximum absolute atomic E-state index is 11.8. The predicted octanol–water partition coefficient (Wildman–Crippen LogP) is 5.14. The quantitative estimate of drug-likeness (QED) is 0.525. The van der Waals surface area contributed by atoms with Crippen LogP contribution in [0.5, 0.6) is 11.5 Å². The molecular weight excluding hydrogens is 424 g/mol. The van der Waals surface area contributed by atoms with E-state index in [4.69, 9.17) is 4.74 Å². The van der Waals surface area contributed by atoms with Crippen LogP contribution in [0.2, 0.25) is 0 Å². The van der Waals surface area contributed by atoms with Crippen molar-refractivity contribution in [2.45, 2.75) is 19.0 Å². The first-order chi connectivity index (χ1) is 16.7. The first kappa shape index (κ1) is 22.1. The van der Waals surface area contributed by atoms with Crippen LogP contribution >= 0.6 is 0 Å².